The lowest BCUT2D eigenvalue weighted by Gasteiger charge is -2.28. The molecule has 3 aromatic rings. The van der Waals surface area contributed by atoms with E-state index in [2.05, 4.69) is 31.4 Å². The summed E-state index contributed by atoms with van der Waals surface area (Å²) in [4.78, 5) is 63.9. The second-order valence-corrected chi connectivity index (χ2v) is 11.5. The first-order valence-corrected chi connectivity index (χ1v) is 14.2. The predicted molar refractivity (Wildman–Crippen MR) is 164 cm³/mol. The molecule has 0 spiro atoms. The van der Waals surface area contributed by atoms with Crippen LogP contribution in [-0.2, 0) is 5.41 Å². The standard InChI is InChI=1S/C34H38N2O7/c1-7-33(4,5)22-11-10-12-23(19-22)35-29(38)26-17-20(13-15-24(26)31(40)41)28(37)21-14-16-25(32(42)43)27(18-21)30(39)36-34(6,8-2)9-3/h10-19H,7-9H2,1-6H3,(H,35,38)(H,36,39)(H,40,41)(H,42,43). The number of ketones is 1. The maximum absolute atomic E-state index is 13.5. The highest BCUT2D eigenvalue weighted by atomic mass is 16.4. The number of amides is 2. The third kappa shape index (κ3) is 7.35. The first-order valence-electron chi connectivity index (χ1n) is 14.2. The van der Waals surface area contributed by atoms with Crippen molar-refractivity contribution in [3.8, 4) is 0 Å². The number of carboxylic acid groups (broad SMARTS) is 2. The van der Waals surface area contributed by atoms with Crippen LogP contribution < -0.4 is 10.6 Å². The second kappa shape index (κ2) is 13.0. The highest BCUT2D eigenvalue weighted by molar-refractivity contribution is 6.16. The topological polar surface area (TPSA) is 150 Å². The van der Waals surface area contributed by atoms with E-state index in [0.717, 1.165) is 12.0 Å². The smallest absolute Gasteiger partial charge is 0.336 e. The van der Waals surface area contributed by atoms with Crippen molar-refractivity contribution in [2.45, 2.75) is 71.8 Å². The Labute approximate surface area is 251 Å². The fourth-order valence-electron chi connectivity index (χ4n) is 4.48. The maximum Gasteiger partial charge on any atom is 0.336 e. The Kier molecular flexibility index (Phi) is 9.91. The molecule has 0 atom stereocenters. The van der Waals surface area contributed by atoms with E-state index in [1.807, 2.05) is 32.9 Å². The van der Waals surface area contributed by atoms with E-state index >= 15 is 0 Å². The number of carbonyl (C=O) groups excluding carboxylic acids is 3. The van der Waals surface area contributed by atoms with Crippen LogP contribution in [0.15, 0.2) is 60.7 Å². The van der Waals surface area contributed by atoms with Gasteiger partial charge in [0.2, 0.25) is 0 Å². The zero-order chi connectivity index (χ0) is 32.1. The van der Waals surface area contributed by atoms with Crippen LogP contribution in [0, 0.1) is 0 Å². The Morgan fingerprint density at radius 2 is 1.16 bits per heavy atom. The van der Waals surface area contributed by atoms with Gasteiger partial charge in [-0.15, -0.1) is 0 Å². The summed E-state index contributed by atoms with van der Waals surface area (Å²) in [6.45, 7) is 11.9. The lowest BCUT2D eigenvalue weighted by molar-refractivity contribution is 0.0682. The van der Waals surface area contributed by atoms with Crippen molar-refractivity contribution >= 4 is 35.2 Å². The quantitative estimate of drug-likeness (QED) is 0.175. The van der Waals surface area contributed by atoms with Crippen molar-refractivity contribution in [3.05, 3.63) is 99.6 Å². The average molecular weight is 587 g/mol. The molecule has 0 aliphatic rings. The molecule has 43 heavy (non-hydrogen) atoms. The van der Waals surface area contributed by atoms with E-state index in [1.165, 1.54) is 36.4 Å². The van der Waals surface area contributed by atoms with Crippen LogP contribution in [0.25, 0.3) is 0 Å². The van der Waals surface area contributed by atoms with Gasteiger partial charge in [-0.1, -0.05) is 58.9 Å². The number of rotatable bonds is 12. The molecule has 0 bridgehead atoms. The molecule has 3 aromatic carbocycles. The number of carbonyl (C=O) groups is 5. The molecule has 2 amide bonds. The predicted octanol–water partition coefficient (Wildman–Crippen LogP) is 6.56. The van der Waals surface area contributed by atoms with E-state index < -0.39 is 35.1 Å². The SMILES string of the molecule is CCC(C)(CC)NC(=O)c1cc(C(=O)c2ccc(C(=O)O)c(C(=O)Nc3cccc(C(C)(C)CC)c3)c2)ccc1C(=O)O. The van der Waals surface area contributed by atoms with Crippen LogP contribution in [0.5, 0.6) is 0 Å². The molecule has 0 radical (unpaired) electrons. The summed E-state index contributed by atoms with van der Waals surface area (Å²) < 4.78 is 0. The normalized spacial score (nSPS) is 11.5. The molecule has 0 unspecified atom stereocenters. The minimum Gasteiger partial charge on any atom is -0.478 e. The highest BCUT2D eigenvalue weighted by Gasteiger charge is 2.27. The Bertz CT molecular complexity index is 1590. The summed E-state index contributed by atoms with van der Waals surface area (Å²) in [7, 11) is 0. The first kappa shape index (κ1) is 32.7. The molecule has 0 aliphatic heterocycles. The fraction of sp³-hybridized carbons (Fsp3) is 0.324. The number of aromatic carboxylic acids is 2. The number of anilines is 1. The Hall–Kier alpha value is -4.79. The molecule has 9 nitrogen and oxygen atoms in total. The number of carboxylic acids is 2. The van der Waals surface area contributed by atoms with Gasteiger partial charge in [-0.05, 0) is 73.6 Å². The molecule has 0 saturated carbocycles. The Balaban J connectivity index is 2.01. The van der Waals surface area contributed by atoms with E-state index in [9.17, 15) is 34.2 Å². The summed E-state index contributed by atoms with van der Waals surface area (Å²) in [6, 6.07) is 14.6. The van der Waals surface area contributed by atoms with Gasteiger partial charge in [-0.2, -0.15) is 0 Å². The van der Waals surface area contributed by atoms with Crippen molar-refractivity contribution in [2.75, 3.05) is 5.32 Å². The van der Waals surface area contributed by atoms with E-state index in [1.54, 1.807) is 12.1 Å². The molecular formula is C34H38N2O7. The molecular weight excluding hydrogens is 548 g/mol. The maximum atomic E-state index is 13.5. The zero-order valence-electron chi connectivity index (χ0n) is 25.3. The third-order valence-corrected chi connectivity index (χ3v) is 8.28. The summed E-state index contributed by atoms with van der Waals surface area (Å²) in [5.41, 5.74) is -0.198. The van der Waals surface area contributed by atoms with Gasteiger partial charge in [0, 0.05) is 22.4 Å². The minimum absolute atomic E-state index is 0.00240. The van der Waals surface area contributed by atoms with Gasteiger partial charge in [0.15, 0.2) is 5.78 Å². The second-order valence-electron chi connectivity index (χ2n) is 11.5. The van der Waals surface area contributed by atoms with Crippen molar-refractivity contribution in [1.82, 2.24) is 5.32 Å². The highest BCUT2D eigenvalue weighted by Crippen LogP contribution is 2.29. The van der Waals surface area contributed by atoms with Crippen LogP contribution in [0.1, 0.15) is 124 Å². The molecule has 0 heterocycles. The van der Waals surface area contributed by atoms with Gasteiger partial charge in [0.1, 0.15) is 0 Å². The van der Waals surface area contributed by atoms with Gasteiger partial charge in [-0.25, -0.2) is 9.59 Å². The fourth-order valence-corrected chi connectivity index (χ4v) is 4.48. The van der Waals surface area contributed by atoms with Crippen molar-refractivity contribution < 1.29 is 34.2 Å². The lowest BCUT2D eigenvalue weighted by Crippen LogP contribution is -2.45. The van der Waals surface area contributed by atoms with Gasteiger partial charge >= 0.3 is 11.9 Å². The van der Waals surface area contributed by atoms with Gasteiger partial charge in [0.25, 0.3) is 11.8 Å². The summed E-state index contributed by atoms with van der Waals surface area (Å²) in [6.07, 6.45) is 2.08. The monoisotopic (exact) mass is 586 g/mol. The molecule has 0 aliphatic carbocycles. The van der Waals surface area contributed by atoms with Crippen LogP contribution in [0.3, 0.4) is 0 Å². The molecule has 3 rings (SSSR count). The van der Waals surface area contributed by atoms with Crippen LogP contribution in [0.2, 0.25) is 0 Å². The number of hydrogen-bond acceptors (Lipinski definition) is 5. The van der Waals surface area contributed by atoms with E-state index in [-0.39, 0.29) is 38.8 Å². The third-order valence-electron chi connectivity index (χ3n) is 8.28. The van der Waals surface area contributed by atoms with Gasteiger partial charge in [0.05, 0.1) is 22.3 Å². The Morgan fingerprint density at radius 3 is 1.63 bits per heavy atom. The molecule has 0 saturated heterocycles. The van der Waals surface area contributed by atoms with Crippen molar-refractivity contribution in [2.24, 2.45) is 0 Å². The molecule has 9 heteroatoms. The van der Waals surface area contributed by atoms with Crippen LogP contribution >= 0.6 is 0 Å². The zero-order valence-corrected chi connectivity index (χ0v) is 25.3. The minimum atomic E-state index is -1.34. The molecule has 226 valence electrons. The van der Waals surface area contributed by atoms with Crippen LogP contribution in [-0.4, -0.2) is 45.3 Å². The Morgan fingerprint density at radius 1 is 0.651 bits per heavy atom. The van der Waals surface area contributed by atoms with Crippen LogP contribution in [0.4, 0.5) is 5.69 Å². The first-order chi connectivity index (χ1) is 20.2. The number of hydrogen-bond donors (Lipinski definition) is 4. The molecule has 0 aromatic heterocycles. The van der Waals surface area contributed by atoms with E-state index in [4.69, 9.17) is 0 Å². The average Bonchev–Trinajstić information content (AvgIpc) is 2.99. The number of nitrogens with one attached hydrogen (secondary N) is 2. The largest absolute Gasteiger partial charge is 0.478 e. The summed E-state index contributed by atoms with van der Waals surface area (Å²) in [5.74, 6) is -4.62. The molecule has 4 N–H and O–H groups in total. The van der Waals surface area contributed by atoms with E-state index in [0.29, 0.717) is 18.5 Å². The summed E-state index contributed by atoms with van der Waals surface area (Å²) >= 11 is 0. The molecule has 0 fully saturated rings. The van der Waals surface area contributed by atoms with Crippen molar-refractivity contribution in [3.63, 3.8) is 0 Å². The van der Waals surface area contributed by atoms with Gasteiger partial charge < -0.3 is 20.8 Å². The van der Waals surface area contributed by atoms with Crippen molar-refractivity contribution in [1.29, 1.82) is 0 Å². The lowest BCUT2D eigenvalue weighted by atomic mass is 9.82. The van der Waals surface area contributed by atoms with Gasteiger partial charge in [-0.3, -0.25) is 14.4 Å². The number of benzene rings is 3. The summed E-state index contributed by atoms with van der Waals surface area (Å²) in [5, 5.41) is 25.0.